The third-order valence-electron chi connectivity index (χ3n) is 10.7. The fraction of sp³-hybridized carbons (Fsp3) is 0. The van der Waals surface area contributed by atoms with Crippen molar-refractivity contribution in [2.45, 2.75) is 0 Å². The van der Waals surface area contributed by atoms with Crippen LogP contribution < -0.4 is 0 Å². The number of hydrogen-bond acceptors (Lipinski definition) is 4. The fourth-order valence-corrected chi connectivity index (χ4v) is 8.10. The van der Waals surface area contributed by atoms with Crippen LogP contribution in [0, 0.1) is 0 Å². The van der Waals surface area contributed by atoms with Crippen LogP contribution in [0.4, 0.5) is 0 Å². The molecule has 5 heteroatoms. The topological polar surface area (TPSA) is 56.7 Å². The van der Waals surface area contributed by atoms with Gasteiger partial charge in [0, 0.05) is 54.9 Å². The van der Waals surface area contributed by atoms with E-state index in [1.807, 2.05) is 72.8 Å². The number of hydrogen-bond donors (Lipinski definition) is 0. The van der Waals surface area contributed by atoms with Gasteiger partial charge in [-0.15, -0.1) is 0 Å². The van der Waals surface area contributed by atoms with Crippen molar-refractivity contribution in [3.05, 3.63) is 194 Å². The van der Waals surface area contributed by atoms with E-state index in [2.05, 4.69) is 126 Å². The summed E-state index contributed by atoms with van der Waals surface area (Å²) in [7, 11) is 0. The third kappa shape index (κ3) is 5.21. The molecule has 262 valence electrons. The van der Waals surface area contributed by atoms with Crippen molar-refractivity contribution in [3.8, 4) is 62.1 Å². The largest absolute Gasteiger partial charge is 0.455 e. The van der Waals surface area contributed by atoms with E-state index < -0.39 is 0 Å². The lowest BCUT2D eigenvalue weighted by Gasteiger charge is -2.17. The van der Waals surface area contributed by atoms with E-state index >= 15 is 0 Å². The van der Waals surface area contributed by atoms with Gasteiger partial charge < -0.3 is 8.98 Å². The van der Waals surface area contributed by atoms with E-state index in [4.69, 9.17) is 19.4 Å². The van der Waals surface area contributed by atoms with E-state index in [-0.39, 0.29) is 0 Å². The molecule has 56 heavy (non-hydrogen) atoms. The molecule has 0 unspecified atom stereocenters. The Morgan fingerprint density at radius 2 is 0.893 bits per heavy atom. The summed E-state index contributed by atoms with van der Waals surface area (Å²) >= 11 is 0. The summed E-state index contributed by atoms with van der Waals surface area (Å²) in [5.74, 6) is 1.87. The Kier molecular flexibility index (Phi) is 7.42. The van der Waals surface area contributed by atoms with Crippen LogP contribution in [-0.2, 0) is 0 Å². The number of furan rings is 1. The van der Waals surface area contributed by atoms with Gasteiger partial charge in [0.1, 0.15) is 11.2 Å². The molecule has 11 aromatic rings. The zero-order valence-electron chi connectivity index (χ0n) is 30.2. The maximum atomic E-state index is 6.62. The molecule has 5 nitrogen and oxygen atoms in total. The van der Waals surface area contributed by atoms with Crippen LogP contribution in [0.2, 0.25) is 0 Å². The van der Waals surface area contributed by atoms with Crippen molar-refractivity contribution in [1.82, 2.24) is 19.5 Å². The summed E-state index contributed by atoms with van der Waals surface area (Å²) in [6.07, 6.45) is 0. The first-order chi connectivity index (χ1) is 27.8. The van der Waals surface area contributed by atoms with Crippen LogP contribution >= 0.6 is 0 Å². The Labute approximate surface area is 322 Å². The second-order valence-corrected chi connectivity index (χ2v) is 14.0. The minimum absolute atomic E-state index is 0.612. The van der Waals surface area contributed by atoms with Gasteiger partial charge in [0.15, 0.2) is 17.5 Å². The molecule has 8 aromatic carbocycles. The van der Waals surface area contributed by atoms with Gasteiger partial charge >= 0.3 is 0 Å². The van der Waals surface area contributed by atoms with Crippen molar-refractivity contribution >= 4 is 43.7 Å². The van der Waals surface area contributed by atoms with Crippen molar-refractivity contribution in [2.75, 3.05) is 0 Å². The average Bonchev–Trinajstić information content (AvgIpc) is 3.83. The Morgan fingerprint density at radius 3 is 1.59 bits per heavy atom. The van der Waals surface area contributed by atoms with Gasteiger partial charge in [-0.25, -0.2) is 15.0 Å². The van der Waals surface area contributed by atoms with Crippen LogP contribution in [-0.4, -0.2) is 19.5 Å². The number of fused-ring (bicyclic) bond motifs is 6. The molecule has 0 bridgehead atoms. The van der Waals surface area contributed by atoms with Crippen molar-refractivity contribution in [2.24, 2.45) is 0 Å². The summed E-state index contributed by atoms with van der Waals surface area (Å²) in [4.78, 5) is 15.1. The van der Waals surface area contributed by atoms with Gasteiger partial charge in [-0.3, -0.25) is 0 Å². The molecule has 3 aromatic heterocycles. The molecular formula is C51H32N4O. The van der Waals surface area contributed by atoms with Gasteiger partial charge in [0.2, 0.25) is 0 Å². The van der Waals surface area contributed by atoms with E-state index in [0.717, 1.165) is 77.6 Å². The Hall–Kier alpha value is -7.63. The molecule has 0 fully saturated rings. The highest BCUT2D eigenvalue weighted by Gasteiger charge is 2.22. The van der Waals surface area contributed by atoms with Crippen LogP contribution in [0.5, 0.6) is 0 Å². The number of aromatic nitrogens is 4. The van der Waals surface area contributed by atoms with Crippen LogP contribution in [0.15, 0.2) is 199 Å². The molecule has 0 aliphatic carbocycles. The minimum Gasteiger partial charge on any atom is -0.455 e. The minimum atomic E-state index is 0.612. The van der Waals surface area contributed by atoms with Crippen molar-refractivity contribution < 1.29 is 4.42 Å². The Balaban J connectivity index is 1.19. The monoisotopic (exact) mass is 716 g/mol. The van der Waals surface area contributed by atoms with Gasteiger partial charge in [0.05, 0.1) is 16.7 Å². The van der Waals surface area contributed by atoms with Gasteiger partial charge in [-0.1, -0.05) is 164 Å². The number of benzene rings is 8. The van der Waals surface area contributed by atoms with Crippen LogP contribution in [0.25, 0.3) is 106 Å². The first-order valence-corrected chi connectivity index (χ1v) is 18.8. The number of nitrogens with zero attached hydrogens (tertiary/aromatic N) is 4. The van der Waals surface area contributed by atoms with Gasteiger partial charge in [0.25, 0.3) is 0 Å². The molecule has 0 saturated carbocycles. The van der Waals surface area contributed by atoms with E-state index in [1.165, 1.54) is 10.8 Å². The summed E-state index contributed by atoms with van der Waals surface area (Å²) in [6.45, 7) is 0. The standard InChI is InChI=1S/C51H32N4O/c1-4-16-33(17-5-1)43-32-36(51-53-49(34-18-6-2-7-19-34)52-50(54-51)35-20-8-3-9-21-35)30-31-45(43)55-44-28-12-10-22-37(44)39-24-14-25-40(47(39)55)42-27-15-26-41-38-23-11-13-29-46(38)56-48(41)42/h1-32H. The molecule has 0 spiro atoms. The summed E-state index contributed by atoms with van der Waals surface area (Å²) in [5, 5.41) is 4.57. The zero-order valence-corrected chi connectivity index (χ0v) is 30.2. The van der Waals surface area contributed by atoms with Gasteiger partial charge in [-0.05, 0) is 35.9 Å². The van der Waals surface area contributed by atoms with Crippen LogP contribution in [0.1, 0.15) is 0 Å². The normalized spacial score (nSPS) is 11.6. The maximum Gasteiger partial charge on any atom is 0.164 e. The van der Waals surface area contributed by atoms with E-state index in [9.17, 15) is 0 Å². The molecule has 11 rings (SSSR count). The molecule has 0 atom stereocenters. The maximum absolute atomic E-state index is 6.62. The first-order valence-electron chi connectivity index (χ1n) is 18.8. The molecule has 0 N–H and O–H groups in total. The fourth-order valence-electron chi connectivity index (χ4n) is 8.10. The summed E-state index contributed by atoms with van der Waals surface area (Å²) in [6, 6.07) is 67.4. The second kappa shape index (κ2) is 13.0. The molecule has 3 heterocycles. The number of rotatable bonds is 6. The summed E-state index contributed by atoms with van der Waals surface area (Å²) in [5.41, 5.74) is 12.1. The first kappa shape index (κ1) is 31.9. The van der Waals surface area contributed by atoms with E-state index in [0.29, 0.717) is 17.5 Å². The Morgan fingerprint density at radius 1 is 0.357 bits per heavy atom. The molecular weight excluding hydrogens is 685 g/mol. The highest BCUT2D eigenvalue weighted by molar-refractivity contribution is 6.17. The lowest BCUT2D eigenvalue weighted by Crippen LogP contribution is -2.02. The molecule has 0 aliphatic rings. The molecule has 0 aliphatic heterocycles. The Bertz CT molecular complexity index is 3180. The SMILES string of the molecule is c1ccc(-c2nc(-c3ccccc3)nc(-c3ccc(-n4c5ccccc5c5cccc(-c6cccc7c6oc6ccccc67)c54)c(-c4ccccc4)c3)n2)cc1. The predicted molar refractivity (Wildman–Crippen MR) is 229 cm³/mol. The second-order valence-electron chi connectivity index (χ2n) is 14.0. The number of para-hydroxylation sites is 4. The highest BCUT2D eigenvalue weighted by Crippen LogP contribution is 2.44. The van der Waals surface area contributed by atoms with Crippen molar-refractivity contribution in [3.63, 3.8) is 0 Å². The van der Waals surface area contributed by atoms with Gasteiger partial charge in [-0.2, -0.15) is 0 Å². The molecule has 0 amide bonds. The lowest BCUT2D eigenvalue weighted by atomic mass is 9.98. The lowest BCUT2D eigenvalue weighted by molar-refractivity contribution is 0.670. The smallest absolute Gasteiger partial charge is 0.164 e. The predicted octanol–water partition coefficient (Wildman–Crippen LogP) is 13.2. The van der Waals surface area contributed by atoms with Crippen LogP contribution in [0.3, 0.4) is 0 Å². The third-order valence-corrected chi connectivity index (χ3v) is 10.7. The quantitative estimate of drug-likeness (QED) is 0.172. The molecule has 0 saturated heterocycles. The highest BCUT2D eigenvalue weighted by atomic mass is 16.3. The van der Waals surface area contributed by atoms with Crippen molar-refractivity contribution in [1.29, 1.82) is 0 Å². The zero-order chi connectivity index (χ0) is 37.0. The molecule has 0 radical (unpaired) electrons. The summed E-state index contributed by atoms with van der Waals surface area (Å²) < 4.78 is 9.04. The van der Waals surface area contributed by atoms with E-state index in [1.54, 1.807) is 0 Å². The average molecular weight is 717 g/mol.